The van der Waals surface area contributed by atoms with Crippen molar-refractivity contribution in [2.45, 2.75) is 19.4 Å². The Morgan fingerprint density at radius 2 is 1.58 bits per heavy atom. The van der Waals surface area contributed by atoms with Crippen LogP contribution in [0, 0.1) is 6.92 Å². The number of hydrogen-bond donors (Lipinski definition) is 1. The first-order valence-electron chi connectivity index (χ1n) is 7.46. The molecule has 1 atom stereocenters. The summed E-state index contributed by atoms with van der Waals surface area (Å²) in [5, 5.41) is 0. The van der Waals surface area contributed by atoms with Gasteiger partial charge >= 0.3 is 0 Å². The van der Waals surface area contributed by atoms with Crippen molar-refractivity contribution in [2.24, 2.45) is 0 Å². The van der Waals surface area contributed by atoms with Crippen LogP contribution in [0.3, 0.4) is 0 Å². The van der Waals surface area contributed by atoms with Crippen LogP contribution in [0.25, 0.3) is 0 Å². The molecule has 24 heavy (non-hydrogen) atoms. The minimum atomic E-state index is -1.25. The minimum absolute atomic E-state index is 0.0432. The summed E-state index contributed by atoms with van der Waals surface area (Å²) in [6.07, 6.45) is 0.0432. The molecular weight excluding hydrogens is 311 g/mol. The second kappa shape index (κ2) is 6.23. The van der Waals surface area contributed by atoms with E-state index in [4.69, 9.17) is 0 Å². The minimum Gasteiger partial charge on any atom is -0.270 e. The molecule has 1 unspecified atom stereocenters. The lowest BCUT2D eigenvalue weighted by Gasteiger charge is -2.24. The molecule has 0 spiro atoms. The highest BCUT2D eigenvalue weighted by Gasteiger charge is 2.42. The standard InChI is InChI=1S/C18H15FN2O3/c1-11-6-8-12(9-7-11)10-15(16(22)20-19)21-17(23)13-4-2-3-5-14(13)18(21)24/h2-9,15H,10H2,1H3,(H,20,22). The molecule has 3 rings (SSSR count). The largest absolute Gasteiger partial charge is 0.271 e. The monoisotopic (exact) mass is 326 g/mol. The van der Waals surface area contributed by atoms with Gasteiger partial charge in [0.05, 0.1) is 11.1 Å². The first-order chi connectivity index (χ1) is 11.5. The molecule has 1 heterocycles. The summed E-state index contributed by atoms with van der Waals surface area (Å²) in [5.74, 6) is -2.20. The third-order valence-corrected chi connectivity index (χ3v) is 4.08. The van der Waals surface area contributed by atoms with Crippen molar-refractivity contribution in [2.75, 3.05) is 0 Å². The predicted octanol–water partition coefficient (Wildman–Crippen LogP) is 2.20. The topological polar surface area (TPSA) is 66.5 Å². The van der Waals surface area contributed by atoms with Crippen LogP contribution in [0.15, 0.2) is 48.5 Å². The van der Waals surface area contributed by atoms with Crippen molar-refractivity contribution in [1.29, 1.82) is 0 Å². The molecule has 0 bridgehead atoms. The van der Waals surface area contributed by atoms with Gasteiger partial charge in [0.2, 0.25) is 0 Å². The number of carbonyl (C=O) groups is 3. The van der Waals surface area contributed by atoms with E-state index in [2.05, 4.69) is 0 Å². The van der Waals surface area contributed by atoms with E-state index < -0.39 is 23.8 Å². The van der Waals surface area contributed by atoms with Crippen molar-refractivity contribution in [3.8, 4) is 0 Å². The highest BCUT2D eigenvalue weighted by Crippen LogP contribution is 2.26. The molecule has 6 heteroatoms. The van der Waals surface area contributed by atoms with Crippen LogP contribution in [-0.4, -0.2) is 28.7 Å². The van der Waals surface area contributed by atoms with Crippen LogP contribution in [0.1, 0.15) is 31.8 Å². The first-order valence-corrected chi connectivity index (χ1v) is 7.46. The molecule has 0 radical (unpaired) electrons. The fourth-order valence-electron chi connectivity index (χ4n) is 2.80. The number of hydrogen-bond acceptors (Lipinski definition) is 3. The molecule has 2 aromatic rings. The Hall–Kier alpha value is -3.02. The third-order valence-electron chi connectivity index (χ3n) is 4.08. The average molecular weight is 326 g/mol. The maximum Gasteiger partial charge on any atom is 0.271 e. The lowest BCUT2D eigenvalue weighted by molar-refractivity contribution is -0.129. The average Bonchev–Trinajstić information content (AvgIpc) is 2.85. The van der Waals surface area contributed by atoms with Crippen molar-refractivity contribution in [3.63, 3.8) is 0 Å². The molecular formula is C18H15FN2O3. The van der Waals surface area contributed by atoms with Crippen LogP contribution in [0.5, 0.6) is 0 Å². The zero-order chi connectivity index (χ0) is 17.3. The summed E-state index contributed by atoms with van der Waals surface area (Å²) in [5.41, 5.74) is 3.27. The van der Waals surface area contributed by atoms with Gasteiger partial charge in [-0.05, 0) is 24.6 Å². The van der Waals surface area contributed by atoms with E-state index >= 15 is 0 Å². The number of amides is 3. The van der Waals surface area contributed by atoms with Crippen LogP contribution in [-0.2, 0) is 11.2 Å². The number of benzene rings is 2. The smallest absolute Gasteiger partial charge is 0.270 e. The summed E-state index contributed by atoms with van der Waals surface area (Å²) in [7, 11) is 0. The fourth-order valence-corrected chi connectivity index (χ4v) is 2.80. The zero-order valence-electron chi connectivity index (χ0n) is 13.0. The summed E-state index contributed by atoms with van der Waals surface area (Å²) in [6, 6.07) is 12.3. The van der Waals surface area contributed by atoms with Gasteiger partial charge in [0.1, 0.15) is 6.04 Å². The van der Waals surface area contributed by atoms with Gasteiger partial charge in [-0.2, -0.15) is 5.54 Å². The Morgan fingerprint density at radius 1 is 1.04 bits per heavy atom. The van der Waals surface area contributed by atoms with Crippen LogP contribution in [0.4, 0.5) is 4.48 Å². The number of imide groups is 1. The number of aryl methyl sites for hydroxylation is 1. The molecule has 0 saturated heterocycles. The molecule has 3 amide bonds. The quantitative estimate of drug-likeness (QED) is 0.692. The summed E-state index contributed by atoms with van der Waals surface area (Å²) < 4.78 is 12.8. The van der Waals surface area contributed by atoms with Gasteiger partial charge < -0.3 is 0 Å². The van der Waals surface area contributed by atoms with Gasteiger partial charge in [0.25, 0.3) is 17.7 Å². The van der Waals surface area contributed by atoms with Gasteiger partial charge in [-0.25, -0.2) is 0 Å². The highest BCUT2D eigenvalue weighted by atomic mass is 19.2. The van der Waals surface area contributed by atoms with E-state index in [-0.39, 0.29) is 17.5 Å². The maximum absolute atomic E-state index is 12.8. The fraction of sp³-hybridized carbons (Fsp3) is 0.167. The third kappa shape index (κ3) is 2.67. The van der Waals surface area contributed by atoms with Gasteiger partial charge in [0, 0.05) is 6.42 Å². The molecule has 0 aliphatic carbocycles. The SMILES string of the molecule is Cc1ccc(CC(C(=O)NF)N2C(=O)c3ccccc3C2=O)cc1. The normalized spacial score (nSPS) is 14.5. The Bertz CT molecular complexity index is 782. The summed E-state index contributed by atoms with van der Waals surface area (Å²) in [6.45, 7) is 1.92. The van der Waals surface area contributed by atoms with E-state index in [1.807, 2.05) is 19.1 Å². The lowest BCUT2D eigenvalue weighted by Crippen LogP contribution is -2.49. The molecule has 0 aromatic heterocycles. The van der Waals surface area contributed by atoms with Crippen LogP contribution < -0.4 is 5.54 Å². The van der Waals surface area contributed by atoms with Crippen LogP contribution in [0.2, 0.25) is 0 Å². The molecule has 1 aliphatic heterocycles. The first kappa shape index (κ1) is 15.9. The number of fused-ring (bicyclic) bond motifs is 1. The van der Waals surface area contributed by atoms with Gasteiger partial charge in [0.15, 0.2) is 0 Å². The number of rotatable bonds is 4. The van der Waals surface area contributed by atoms with E-state index in [1.165, 1.54) is 12.1 Å². The lowest BCUT2D eigenvalue weighted by atomic mass is 10.0. The highest BCUT2D eigenvalue weighted by molar-refractivity contribution is 6.22. The second-order valence-corrected chi connectivity index (χ2v) is 5.69. The number of carbonyl (C=O) groups excluding carboxylic acids is 3. The van der Waals surface area contributed by atoms with Gasteiger partial charge in [-0.15, -0.1) is 4.48 Å². The molecule has 122 valence electrons. The number of halogens is 1. The molecule has 0 saturated carbocycles. The van der Waals surface area contributed by atoms with E-state index in [1.54, 1.807) is 24.3 Å². The van der Waals surface area contributed by atoms with Crippen LogP contribution >= 0.6 is 0 Å². The zero-order valence-corrected chi connectivity index (χ0v) is 13.0. The summed E-state index contributed by atoms with van der Waals surface area (Å²) >= 11 is 0. The Labute approximate surface area is 138 Å². The van der Waals surface area contributed by atoms with Crippen molar-refractivity contribution < 1.29 is 18.9 Å². The van der Waals surface area contributed by atoms with Crippen molar-refractivity contribution >= 4 is 17.7 Å². The van der Waals surface area contributed by atoms with Crippen molar-refractivity contribution in [1.82, 2.24) is 10.4 Å². The molecule has 5 nitrogen and oxygen atoms in total. The van der Waals surface area contributed by atoms with Crippen molar-refractivity contribution in [3.05, 3.63) is 70.8 Å². The second-order valence-electron chi connectivity index (χ2n) is 5.69. The number of nitrogens with zero attached hydrogens (tertiary/aromatic N) is 1. The van der Waals surface area contributed by atoms with Gasteiger partial charge in [-0.1, -0.05) is 42.0 Å². The number of nitrogens with one attached hydrogen (secondary N) is 1. The summed E-state index contributed by atoms with van der Waals surface area (Å²) in [4.78, 5) is 37.8. The van der Waals surface area contributed by atoms with E-state index in [0.29, 0.717) is 0 Å². The Balaban J connectivity index is 1.95. The predicted molar refractivity (Wildman–Crippen MR) is 84.9 cm³/mol. The Morgan fingerprint density at radius 3 is 2.08 bits per heavy atom. The molecule has 2 aromatic carbocycles. The molecule has 1 aliphatic rings. The maximum atomic E-state index is 12.8. The Kier molecular flexibility index (Phi) is 4.12. The molecule has 1 N–H and O–H groups in total. The molecule has 0 fully saturated rings. The van der Waals surface area contributed by atoms with E-state index in [9.17, 15) is 18.9 Å². The van der Waals surface area contributed by atoms with E-state index in [0.717, 1.165) is 21.6 Å². The van der Waals surface area contributed by atoms with Gasteiger partial charge in [-0.3, -0.25) is 19.3 Å².